The average Bonchev–Trinajstić information content (AvgIpc) is 2.81. The summed E-state index contributed by atoms with van der Waals surface area (Å²) in [5.74, 6) is 0.700. The zero-order chi connectivity index (χ0) is 22.3. The standard InChI is InChI=1S/C26H23N3O3/c30-21-11-6-19(7-12-21)16-25(32)29-26-23(15-8-18-4-2-1-3-5-18)28-24(17-27-26)20-9-13-22(31)14-10-20/h1-15,17,27-28,30-31H,16H2,(H,29,32)/b15-8+. The molecule has 0 spiro atoms. The summed E-state index contributed by atoms with van der Waals surface area (Å²) in [6, 6.07) is 23.3. The van der Waals surface area contributed by atoms with E-state index in [2.05, 4.69) is 16.0 Å². The van der Waals surface area contributed by atoms with Crippen molar-refractivity contribution in [1.82, 2.24) is 16.0 Å². The molecular formula is C26H23N3O3. The van der Waals surface area contributed by atoms with Crippen molar-refractivity contribution >= 4 is 17.7 Å². The van der Waals surface area contributed by atoms with Crippen LogP contribution in [0.2, 0.25) is 0 Å². The molecule has 0 aliphatic carbocycles. The molecule has 0 saturated carbocycles. The number of phenols is 2. The Labute approximate surface area is 186 Å². The van der Waals surface area contributed by atoms with Crippen LogP contribution in [0.25, 0.3) is 11.8 Å². The third kappa shape index (κ3) is 5.37. The highest BCUT2D eigenvalue weighted by Gasteiger charge is 2.16. The van der Waals surface area contributed by atoms with Crippen LogP contribution in [0, 0.1) is 0 Å². The van der Waals surface area contributed by atoms with Gasteiger partial charge >= 0.3 is 0 Å². The van der Waals surface area contributed by atoms with E-state index < -0.39 is 0 Å². The third-order valence-electron chi connectivity index (χ3n) is 4.89. The van der Waals surface area contributed by atoms with Crippen LogP contribution < -0.4 is 16.0 Å². The maximum atomic E-state index is 12.6. The molecular weight excluding hydrogens is 402 g/mol. The number of phenolic OH excluding ortho intramolecular Hbond substituents is 2. The van der Waals surface area contributed by atoms with E-state index >= 15 is 0 Å². The van der Waals surface area contributed by atoms with Gasteiger partial charge in [0.25, 0.3) is 0 Å². The second-order valence-corrected chi connectivity index (χ2v) is 7.30. The van der Waals surface area contributed by atoms with Crippen LogP contribution in [-0.2, 0) is 11.2 Å². The lowest BCUT2D eigenvalue weighted by atomic mass is 10.1. The molecule has 4 rings (SSSR count). The number of rotatable bonds is 6. The van der Waals surface area contributed by atoms with Gasteiger partial charge in [-0.05, 0) is 59.2 Å². The van der Waals surface area contributed by atoms with E-state index in [1.165, 1.54) is 0 Å². The molecule has 1 aliphatic heterocycles. The minimum Gasteiger partial charge on any atom is -0.508 e. The molecule has 160 valence electrons. The van der Waals surface area contributed by atoms with E-state index in [1.54, 1.807) is 42.6 Å². The number of carbonyl (C=O) groups is 1. The number of nitrogens with one attached hydrogen (secondary N) is 3. The number of hydrogen-bond donors (Lipinski definition) is 5. The van der Waals surface area contributed by atoms with Crippen LogP contribution in [0.15, 0.2) is 103 Å². The molecule has 0 atom stereocenters. The minimum atomic E-state index is -0.188. The Morgan fingerprint density at radius 2 is 1.50 bits per heavy atom. The Morgan fingerprint density at radius 1 is 0.844 bits per heavy atom. The summed E-state index contributed by atoms with van der Waals surface area (Å²) >= 11 is 0. The predicted octanol–water partition coefficient (Wildman–Crippen LogP) is 3.83. The Kier molecular flexibility index (Phi) is 6.22. The van der Waals surface area contributed by atoms with Gasteiger partial charge in [0.1, 0.15) is 17.3 Å². The monoisotopic (exact) mass is 425 g/mol. The van der Waals surface area contributed by atoms with Gasteiger partial charge < -0.3 is 26.2 Å². The molecule has 0 unspecified atom stereocenters. The van der Waals surface area contributed by atoms with E-state index in [-0.39, 0.29) is 23.8 Å². The van der Waals surface area contributed by atoms with Crippen LogP contribution in [0.3, 0.4) is 0 Å². The molecule has 3 aromatic rings. The van der Waals surface area contributed by atoms with Crippen molar-refractivity contribution in [2.45, 2.75) is 6.42 Å². The van der Waals surface area contributed by atoms with E-state index in [0.717, 1.165) is 22.4 Å². The van der Waals surface area contributed by atoms with Crippen LogP contribution >= 0.6 is 0 Å². The number of carbonyl (C=O) groups excluding carboxylic acids is 1. The zero-order valence-electron chi connectivity index (χ0n) is 17.2. The molecule has 3 aromatic carbocycles. The average molecular weight is 425 g/mol. The Bertz CT molecular complexity index is 1180. The fraction of sp³-hybridized carbons (Fsp3) is 0.0385. The van der Waals surface area contributed by atoms with Gasteiger partial charge in [-0.3, -0.25) is 4.79 Å². The normalized spacial score (nSPS) is 13.3. The molecule has 0 saturated heterocycles. The Hall–Kier alpha value is -4.45. The summed E-state index contributed by atoms with van der Waals surface area (Å²) in [6.45, 7) is 0. The topological polar surface area (TPSA) is 93.6 Å². The van der Waals surface area contributed by atoms with Crippen molar-refractivity contribution in [2.75, 3.05) is 0 Å². The first-order valence-corrected chi connectivity index (χ1v) is 10.1. The van der Waals surface area contributed by atoms with Crippen molar-refractivity contribution in [3.8, 4) is 11.5 Å². The molecule has 1 aliphatic rings. The first-order valence-electron chi connectivity index (χ1n) is 10.1. The second kappa shape index (κ2) is 9.57. The number of benzene rings is 3. The molecule has 0 aromatic heterocycles. The lowest BCUT2D eigenvalue weighted by Crippen LogP contribution is -2.36. The van der Waals surface area contributed by atoms with Crippen molar-refractivity contribution < 1.29 is 15.0 Å². The number of aromatic hydroxyl groups is 2. The van der Waals surface area contributed by atoms with Gasteiger partial charge in [0.15, 0.2) is 0 Å². The molecule has 0 fully saturated rings. The largest absolute Gasteiger partial charge is 0.508 e. The number of hydrogen-bond acceptors (Lipinski definition) is 5. The second-order valence-electron chi connectivity index (χ2n) is 7.30. The molecule has 32 heavy (non-hydrogen) atoms. The highest BCUT2D eigenvalue weighted by atomic mass is 16.3. The molecule has 5 N–H and O–H groups in total. The molecule has 0 bridgehead atoms. The van der Waals surface area contributed by atoms with Crippen molar-refractivity contribution in [1.29, 1.82) is 0 Å². The molecule has 6 nitrogen and oxygen atoms in total. The summed E-state index contributed by atoms with van der Waals surface area (Å²) in [7, 11) is 0. The van der Waals surface area contributed by atoms with E-state index in [9.17, 15) is 15.0 Å². The molecule has 6 heteroatoms. The van der Waals surface area contributed by atoms with E-state index in [0.29, 0.717) is 11.5 Å². The first kappa shape index (κ1) is 20.8. The highest BCUT2D eigenvalue weighted by molar-refractivity contribution is 5.81. The van der Waals surface area contributed by atoms with Crippen molar-refractivity contribution in [3.63, 3.8) is 0 Å². The van der Waals surface area contributed by atoms with Gasteiger partial charge in [0.05, 0.1) is 17.8 Å². The Balaban J connectivity index is 1.55. The maximum absolute atomic E-state index is 12.6. The zero-order valence-corrected chi connectivity index (χ0v) is 17.2. The Morgan fingerprint density at radius 3 is 2.19 bits per heavy atom. The summed E-state index contributed by atoms with van der Waals surface area (Å²) < 4.78 is 0. The summed E-state index contributed by atoms with van der Waals surface area (Å²) in [6.07, 6.45) is 5.79. The maximum Gasteiger partial charge on any atom is 0.229 e. The van der Waals surface area contributed by atoms with Gasteiger partial charge in [-0.1, -0.05) is 48.5 Å². The number of allylic oxidation sites excluding steroid dienone is 1. The SMILES string of the molecule is O=C(Cc1ccc(O)cc1)NC1=C(/C=C/c2ccccc2)NC(c2ccc(O)cc2)=CN1. The summed E-state index contributed by atoms with van der Waals surface area (Å²) in [5.41, 5.74) is 4.20. The van der Waals surface area contributed by atoms with E-state index in [4.69, 9.17) is 0 Å². The molecule has 0 radical (unpaired) electrons. The minimum absolute atomic E-state index is 0.162. The van der Waals surface area contributed by atoms with Crippen molar-refractivity contribution in [2.24, 2.45) is 0 Å². The fourth-order valence-corrected chi connectivity index (χ4v) is 3.22. The van der Waals surface area contributed by atoms with Crippen LogP contribution in [0.4, 0.5) is 0 Å². The number of amides is 1. The van der Waals surface area contributed by atoms with Gasteiger partial charge in [0, 0.05) is 6.20 Å². The van der Waals surface area contributed by atoms with Gasteiger partial charge in [-0.2, -0.15) is 0 Å². The highest BCUT2D eigenvalue weighted by Crippen LogP contribution is 2.20. The smallest absolute Gasteiger partial charge is 0.229 e. The lowest BCUT2D eigenvalue weighted by molar-refractivity contribution is -0.119. The predicted molar refractivity (Wildman–Crippen MR) is 125 cm³/mol. The van der Waals surface area contributed by atoms with Crippen molar-refractivity contribution in [3.05, 3.63) is 119 Å². The summed E-state index contributed by atoms with van der Waals surface area (Å²) in [5, 5.41) is 28.4. The molecule has 1 amide bonds. The molecule has 1 heterocycles. The van der Waals surface area contributed by atoms with Crippen LogP contribution in [-0.4, -0.2) is 16.1 Å². The lowest BCUT2D eigenvalue weighted by Gasteiger charge is -2.23. The van der Waals surface area contributed by atoms with Gasteiger partial charge in [-0.25, -0.2) is 0 Å². The summed E-state index contributed by atoms with van der Waals surface area (Å²) in [4.78, 5) is 12.6. The van der Waals surface area contributed by atoms with Gasteiger partial charge in [-0.15, -0.1) is 0 Å². The third-order valence-corrected chi connectivity index (χ3v) is 4.89. The first-order chi connectivity index (χ1) is 15.6. The van der Waals surface area contributed by atoms with Crippen LogP contribution in [0.5, 0.6) is 11.5 Å². The van der Waals surface area contributed by atoms with E-state index in [1.807, 2.05) is 54.6 Å². The fourth-order valence-electron chi connectivity index (χ4n) is 3.22. The quantitative estimate of drug-likeness (QED) is 0.414. The van der Waals surface area contributed by atoms with Gasteiger partial charge in [0.2, 0.25) is 5.91 Å². The van der Waals surface area contributed by atoms with Crippen LogP contribution in [0.1, 0.15) is 16.7 Å².